The van der Waals surface area contributed by atoms with Crippen LogP contribution in [0.2, 0.25) is 5.02 Å². The zero-order chi connectivity index (χ0) is 14.9. The van der Waals surface area contributed by atoms with Gasteiger partial charge in [-0.15, -0.1) is 0 Å². The van der Waals surface area contributed by atoms with Crippen molar-refractivity contribution < 1.29 is 17.6 Å². The fraction of sp³-hybridized carbons (Fsp3) is 0.143. The van der Waals surface area contributed by atoms with E-state index in [1.54, 1.807) is 0 Å². The highest BCUT2D eigenvalue weighted by Crippen LogP contribution is 2.36. The van der Waals surface area contributed by atoms with E-state index >= 15 is 0 Å². The number of hydrogen-bond acceptors (Lipinski definition) is 1. The minimum atomic E-state index is -4.48. The molecule has 0 saturated carbocycles. The fourth-order valence-corrected chi connectivity index (χ4v) is 2.10. The minimum Gasteiger partial charge on any atom is -0.326 e. The smallest absolute Gasteiger partial charge is 0.326 e. The highest BCUT2D eigenvalue weighted by molar-refractivity contribution is 6.33. The number of hydrogen-bond donors (Lipinski definition) is 1. The van der Waals surface area contributed by atoms with E-state index in [0.717, 1.165) is 24.3 Å². The van der Waals surface area contributed by atoms with E-state index in [2.05, 4.69) is 0 Å². The zero-order valence-corrected chi connectivity index (χ0v) is 10.9. The van der Waals surface area contributed by atoms with Crippen LogP contribution in [0.25, 0.3) is 11.1 Å². The summed E-state index contributed by atoms with van der Waals surface area (Å²) in [6.07, 6.45) is -4.48. The average molecular weight is 304 g/mol. The fourth-order valence-electron chi connectivity index (χ4n) is 1.89. The van der Waals surface area contributed by atoms with Crippen LogP contribution < -0.4 is 5.73 Å². The summed E-state index contributed by atoms with van der Waals surface area (Å²) in [4.78, 5) is 0. The Hall–Kier alpha value is -1.59. The molecule has 0 heterocycles. The Bertz CT molecular complexity index is 638. The van der Waals surface area contributed by atoms with Gasteiger partial charge in [-0.2, -0.15) is 13.2 Å². The van der Waals surface area contributed by atoms with Crippen molar-refractivity contribution in [2.75, 3.05) is 0 Å². The van der Waals surface area contributed by atoms with Crippen molar-refractivity contribution in [2.24, 2.45) is 5.73 Å². The Kier molecular flexibility index (Phi) is 4.01. The van der Waals surface area contributed by atoms with Crippen LogP contribution in [0.4, 0.5) is 17.6 Å². The molecule has 0 amide bonds. The number of nitrogens with two attached hydrogens (primary N) is 1. The largest absolute Gasteiger partial charge is 0.416 e. The Morgan fingerprint density at radius 3 is 2.30 bits per heavy atom. The van der Waals surface area contributed by atoms with Crippen LogP contribution in [0.15, 0.2) is 36.4 Å². The molecule has 0 saturated heterocycles. The van der Waals surface area contributed by atoms with Crippen molar-refractivity contribution in [2.45, 2.75) is 12.7 Å². The summed E-state index contributed by atoms with van der Waals surface area (Å²) in [5, 5.41) is 0.167. The molecule has 0 atom stereocenters. The number of alkyl halides is 3. The lowest BCUT2D eigenvalue weighted by atomic mass is 9.97. The molecule has 0 radical (unpaired) electrons. The molecule has 2 aromatic rings. The van der Waals surface area contributed by atoms with Crippen molar-refractivity contribution >= 4 is 11.6 Å². The normalized spacial score (nSPS) is 11.7. The second-order valence-corrected chi connectivity index (χ2v) is 4.61. The quantitative estimate of drug-likeness (QED) is 0.805. The highest BCUT2D eigenvalue weighted by atomic mass is 35.5. The Morgan fingerprint density at radius 1 is 1.00 bits per heavy atom. The van der Waals surface area contributed by atoms with Gasteiger partial charge in [0, 0.05) is 17.1 Å². The number of benzene rings is 2. The Morgan fingerprint density at radius 2 is 1.70 bits per heavy atom. The van der Waals surface area contributed by atoms with Gasteiger partial charge in [-0.05, 0) is 41.5 Å². The summed E-state index contributed by atoms with van der Waals surface area (Å²) in [6.45, 7) is 0.0281. The molecule has 0 aliphatic heterocycles. The standard InChI is InChI=1S/C14H10ClF4N/c15-13-4-3-10(16)6-12(13)11-5-9(14(17,18)19)2-1-8(11)7-20/h1-6H,7,20H2. The SMILES string of the molecule is NCc1ccc(C(F)(F)F)cc1-c1cc(F)ccc1Cl. The van der Waals surface area contributed by atoms with E-state index in [9.17, 15) is 17.6 Å². The van der Waals surface area contributed by atoms with Crippen LogP contribution in [0.5, 0.6) is 0 Å². The van der Waals surface area contributed by atoms with Crippen LogP contribution in [-0.4, -0.2) is 0 Å². The van der Waals surface area contributed by atoms with Crippen molar-refractivity contribution in [3.8, 4) is 11.1 Å². The minimum absolute atomic E-state index is 0.0281. The van der Waals surface area contributed by atoms with Gasteiger partial charge in [0.25, 0.3) is 0 Å². The molecule has 0 unspecified atom stereocenters. The summed E-state index contributed by atoms with van der Waals surface area (Å²) in [5.41, 5.74) is 5.53. The zero-order valence-electron chi connectivity index (χ0n) is 10.1. The molecule has 2 rings (SSSR count). The Balaban J connectivity index is 2.67. The van der Waals surface area contributed by atoms with Gasteiger partial charge in [0.2, 0.25) is 0 Å². The van der Waals surface area contributed by atoms with Crippen LogP contribution in [0.1, 0.15) is 11.1 Å². The molecular weight excluding hydrogens is 294 g/mol. The van der Waals surface area contributed by atoms with E-state index in [1.165, 1.54) is 12.1 Å². The summed E-state index contributed by atoms with van der Waals surface area (Å²) in [7, 11) is 0. The maximum Gasteiger partial charge on any atom is 0.416 e. The van der Waals surface area contributed by atoms with Gasteiger partial charge in [-0.3, -0.25) is 0 Å². The van der Waals surface area contributed by atoms with Gasteiger partial charge in [-0.1, -0.05) is 17.7 Å². The molecule has 0 bridgehead atoms. The molecule has 2 aromatic carbocycles. The third-order valence-electron chi connectivity index (χ3n) is 2.88. The highest BCUT2D eigenvalue weighted by Gasteiger charge is 2.31. The van der Waals surface area contributed by atoms with E-state index in [0.29, 0.717) is 5.56 Å². The summed E-state index contributed by atoms with van der Waals surface area (Å²) >= 11 is 5.94. The van der Waals surface area contributed by atoms with Gasteiger partial charge in [0.05, 0.1) is 5.56 Å². The lowest BCUT2D eigenvalue weighted by molar-refractivity contribution is -0.137. The molecule has 106 valence electrons. The van der Waals surface area contributed by atoms with Crippen molar-refractivity contribution in [3.05, 3.63) is 58.4 Å². The van der Waals surface area contributed by atoms with Crippen LogP contribution in [0.3, 0.4) is 0 Å². The van der Waals surface area contributed by atoms with Crippen LogP contribution >= 0.6 is 11.6 Å². The van der Waals surface area contributed by atoms with Gasteiger partial charge in [0.15, 0.2) is 0 Å². The summed E-state index contributed by atoms with van der Waals surface area (Å²) in [5.74, 6) is -0.579. The Labute approximate surface area is 118 Å². The van der Waals surface area contributed by atoms with Crippen molar-refractivity contribution in [1.29, 1.82) is 0 Å². The van der Waals surface area contributed by atoms with Gasteiger partial charge >= 0.3 is 6.18 Å². The molecule has 0 aliphatic rings. The van der Waals surface area contributed by atoms with Crippen LogP contribution in [-0.2, 0) is 12.7 Å². The van der Waals surface area contributed by atoms with Gasteiger partial charge in [0.1, 0.15) is 5.82 Å². The van der Waals surface area contributed by atoms with Gasteiger partial charge in [-0.25, -0.2) is 4.39 Å². The van der Waals surface area contributed by atoms with E-state index in [-0.39, 0.29) is 22.7 Å². The maximum absolute atomic E-state index is 13.3. The predicted molar refractivity (Wildman–Crippen MR) is 69.7 cm³/mol. The third kappa shape index (κ3) is 2.94. The molecule has 0 fully saturated rings. The lowest BCUT2D eigenvalue weighted by Crippen LogP contribution is -2.07. The number of halogens is 5. The molecule has 0 aromatic heterocycles. The molecule has 0 spiro atoms. The van der Waals surface area contributed by atoms with Gasteiger partial charge < -0.3 is 5.73 Å². The first-order valence-corrected chi connectivity index (χ1v) is 6.06. The molecule has 20 heavy (non-hydrogen) atoms. The summed E-state index contributed by atoms with van der Waals surface area (Å²) in [6, 6.07) is 6.69. The monoisotopic (exact) mass is 303 g/mol. The van der Waals surface area contributed by atoms with E-state index in [4.69, 9.17) is 17.3 Å². The van der Waals surface area contributed by atoms with Crippen LogP contribution in [0, 0.1) is 5.82 Å². The first-order valence-electron chi connectivity index (χ1n) is 5.68. The first-order chi connectivity index (χ1) is 9.32. The van der Waals surface area contributed by atoms with E-state index < -0.39 is 17.6 Å². The second kappa shape index (κ2) is 5.42. The topological polar surface area (TPSA) is 26.0 Å². The van der Waals surface area contributed by atoms with E-state index in [1.807, 2.05) is 0 Å². The molecular formula is C14H10ClF4N. The van der Waals surface area contributed by atoms with Crippen molar-refractivity contribution in [3.63, 3.8) is 0 Å². The average Bonchev–Trinajstić information content (AvgIpc) is 2.40. The molecule has 0 aliphatic carbocycles. The summed E-state index contributed by atoms with van der Waals surface area (Å²) < 4.78 is 51.6. The molecule has 1 nitrogen and oxygen atoms in total. The third-order valence-corrected chi connectivity index (χ3v) is 3.21. The lowest BCUT2D eigenvalue weighted by Gasteiger charge is -2.14. The molecule has 6 heteroatoms. The first kappa shape index (κ1) is 14.8. The second-order valence-electron chi connectivity index (χ2n) is 4.20. The number of rotatable bonds is 2. The van der Waals surface area contributed by atoms with Crippen molar-refractivity contribution in [1.82, 2.24) is 0 Å². The maximum atomic E-state index is 13.3. The molecule has 2 N–H and O–H groups in total. The predicted octanol–water partition coefficient (Wildman–Crippen LogP) is 4.62.